The normalized spacial score (nSPS) is 23.3. The summed E-state index contributed by atoms with van der Waals surface area (Å²) in [5, 5.41) is 0. The Balaban J connectivity index is 1.90. The van der Waals surface area contributed by atoms with Gasteiger partial charge in [-0.3, -0.25) is 14.6 Å². The van der Waals surface area contributed by atoms with Crippen LogP contribution >= 0.6 is 11.3 Å². The van der Waals surface area contributed by atoms with E-state index in [0.29, 0.717) is 29.2 Å². The Hall–Kier alpha value is -3.26. The van der Waals surface area contributed by atoms with Crippen molar-refractivity contribution in [2.45, 2.75) is 52.9 Å². The first kappa shape index (κ1) is 26.8. The number of esters is 2. The van der Waals surface area contributed by atoms with Gasteiger partial charge in [0, 0.05) is 33.0 Å². The van der Waals surface area contributed by atoms with Crippen molar-refractivity contribution in [1.29, 1.82) is 0 Å². The van der Waals surface area contributed by atoms with Crippen LogP contribution in [0.4, 0.5) is 0 Å². The van der Waals surface area contributed by atoms with Crippen LogP contribution in [-0.4, -0.2) is 43.8 Å². The fourth-order valence-corrected chi connectivity index (χ4v) is 6.61. The molecule has 37 heavy (non-hydrogen) atoms. The molecule has 196 valence electrons. The van der Waals surface area contributed by atoms with E-state index in [-0.39, 0.29) is 19.0 Å². The van der Waals surface area contributed by atoms with Gasteiger partial charge in [0.05, 0.1) is 31.8 Å². The third kappa shape index (κ3) is 4.99. The number of nitrogens with zero attached hydrogens (tertiary/aromatic N) is 1. The lowest BCUT2D eigenvalue weighted by Gasteiger charge is -2.41. The highest BCUT2D eigenvalue weighted by atomic mass is 32.1. The van der Waals surface area contributed by atoms with Crippen LogP contribution in [0.3, 0.4) is 0 Å². The van der Waals surface area contributed by atoms with E-state index in [4.69, 9.17) is 19.2 Å². The molecule has 1 aromatic carbocycles. The van der Waals surface area contributed by atoms with Gasteiger partial charge in [0.2, 0.25) is 0 Å². The first-order valence-corrected chi connectivity index (χ1v) is 13.4. The fraction of sp³-hybridized carbons (Fsp3) is 0.448. The summed E-state index contributed by atoms with van der Waals surface area (Å²) < 4.78 is 16.2. The number of aliphatic imine (C=N–C) groups is 1. The van der Waals surface area contributed by atoms with E-state index in [9.17, 15) is 14.4 Å². The molecule has 4 rings (SSSR count). The molecule has 4 atom stereocenters. The zero-order valence-electron chi connectivity index (χ0n) is 22.1. The topological polar surface area (TPSA) is 91.3 Å². The van der Waals surface area contributed by atoms with Crippen LogP contribution in [0.5, 0.6) is 5.75 Å². The number of carbonyl (C=O) groups is 3. The molecule has 0 N–H and O–H groups in total. The van der Waals surface area contributed by atoms with Gasteiger partial charge in [-0.15, -0.1) is 11.3 Å². The predicted octanol–water partition coefficient (Wildman–Crippen LogP) is 5.30. The minimum Gasteiger partial charge on any atom is -0.497 e. The Bertz CT molecular complexity index is 1290. The molecule has 0 radical (unpaired) electrons. The summed E-state index contributed by atoms with van der Waals surface area (Å²) >= 11 is 1.62. The van der Waals surface area contributed by atoms with Crippen LogP contribution in [0.1, 0.15) is 59.9 Å². The molecular formula is C29H33NO6S. The minimum absolute atomic E-state index is 0.165. The second kappa shape index (κ2) is 11.0. The maximum atomic E-state index is 14.4. The molecule has 1 saturated carbocycles. The molecule has 2 aliphatic rings. The maximum Gasteiger partial charge on any atom is 0.336 e. The number of allylic oxidation sites excluding steroid dienone is 1. The zero-order valence-corrected chi connectivity index (χ0v) is 22.9. The number of thiophene rings is 1. The number of benzene rings is 1. The molecule has 4 unspecified atom stereocenters. The molecule has 0 bridgehead atoms. The summed E-state index contributed by atoms with van der Waals surface area (Å²) in [7, 11) is 1.58. The Morgan fingerprint density at radius 1 is 1.05 bits per heavy atom. The molecule has 0 spiro atoms. The van der Waals surface area contributed by atoms with E-state index >= 15 is 0 Å². The number of ether oxygens (including phenoxy) is 3. The molecule has 1 aliphatic heterocycles. The van der Waals surface area contributed by atoms with Crippen molar-refractivity contribution in [1.82, 2.24) is 0 Å². The largest absolute Gasteiger partial charge is 0.497 e. The Morgan fingerprint density at radius 2 is 1.78 bits per heavy atom. The van der Waals surface area contributed by atoms with Gasteiger partial charge in [-0.1, -0.05) is 12.1 Å². The highest BCUT2D eigenvalue weighted by Gasteiger charge is 2.53. The van der Waals surface area contributed by atoms with E-state index in [2.05, 4.69) is 0 Å². The van der Waals surface area contributed by atoms with Crippen molar-refractivity contribution < 1.29 is 28.6 Å². The Morgan fingerprint density at radius 3 is 2.41 bits per heavy atom. The second-order valence-corrected chi connectivity index (χ2v) is 10.8. The van der Waals surface area contributed by atoms with Gasteiger partial charge in [-0.2, -0.15) is 0 Å². The predicted molar refractivity (Wildman–Crippen MR) is 142 cm³/mol. The van der Waals surface area contributed by atoms with Crippen molar-refractivity contribution >= 4 is 34.8 Å². The molecular weight excluding hydrogens is 490 g/mol. The highest BCUT2D eigenvalue weighted by Crippen LogP contribution is 2.50. The lowest BCUT2D eigenvalue weighted by molar-refractivity contribution is -0.153. The second-order valence-electron chi connectivity index (χ2n) is 9.37. The quantitative estimate of drug-likeness (QED) is 0.361. The van der Waals surface area contributed by atoms with Crippen molar-refractivity contribution in [3.8, 4) is 5.75 Å². The van der Waals surface area contributed by atoms with Gasteiger partial charge in [0.1, 0.15) is 11.7 Å². The number of aryl methyl sites for hydroxylation is 2. The summed E-state index contributed by atoms with van der Waals surface area (Å²) in [6.07, 6.45) is 0.388. The smallest absolute Gasteiger partial charge is 0.336 e. The van der Waals surface area contributed by atoms with Crippen LogP contribution < -0.4 is 4.74 Å². The summed E-state index contributed by atoms with van der Waals surface area (Å²) in [6.45, 7) is 9.64. The number of methoxy groups -OCH3 is 1. The van der Waals surface area contributed by atoms with Gasteiger partial charge < -0.3 is 14.2 Å². The third-order valence-electron chi connectivity index (χ3n) is 7.12. The molecule has 8 heteroatoms. The molecule has 1 aliphatic carbocycles. The molecule has 1 fully saturated rings. The third-order valence-corrected chi connectivity index (χ3v) is 8.10. The van der Waals surface area contributed by atoms with E-state index < -0.39 is 35.6 Å². The van der Waals surface area contributed by atoms with Gasteiger partial charge in [-0.05, 0) is 70.4 Å². The average Bonchev–Trinajstić information content (AvgIpc) is 3.20. The van der Waals surface area contributed by atoms with Crippen molar-refractivity contribution in [3.05, 3.63) is 62.5 Å². The average molecular weight is 524 g/mol. The maximum absolute atomic E-state index is 14.4. The lowest BCUT2D eigenvalue weighted by Crippen LogP contribution is -2.48. The summed E-state index contributed by atoms with van der Waals surface area (Å²) in [5.74, 6) is -3.49. The fourth-order valence-electron chi connectivity index (χ4n) is 5.64. The van der Waals surface area contributed by atoms with E-state index in [0.717, 1.165) is 20.9 Å². The summed E-state index contributed by atoms with van der Waals surface area (Å²) in [6, 6.07) is 9.45. The van der Waals surface area contributed by atoms with E-state index in [1.807, 2.05) is 44.2 Å². The lowest BCUT2D eigenvalue weighted by atomic mass is 9.62. The SMILES string of the molecule is CCOC(=O)C1=C(C)N=C2CC(c3cccc(OC)c3)C(C(=O)OCC)C(=O)C2C1c1cc(C)sc1C. The Kier molecular flexibility index (Phi) is 7.97. The number of carbonyl (C=O) groups excluding carboxylic acids is 3. The first-order valence-electron chi connectivity index (χ1n) is 12.6. The van der Waals surface area contributed by atoms with Gasteiger partial charge in [-0.25, -0.2) is 4.79 Å². The molecule has 2 heterocycles. The monoisotopic (exact) mass is 523 g/mol. The van der Waals surface area contributed by atoms with Crippen molar-refractivity contribution in [2.24, 2.45) is 16.8 Å². The molecule has 2 aromatic rings. The number of rotatable bonds is 7. The van der Waals surface area contributed by atoms with Gasteiger partial charge in [0.15, 0.2) is 5.78 Å². The molecule has 1 aromatic heterocycles. The van der Waals surface area contributed by atoms with E-state index in [1.165, 1.54) is 0 Å². The molecule has 0 amide bonds. The van der Waals surface area contributed by atoms with Crippen molar-refractivity contribution in [3.63, 3.8) is 0 Å². The first-order chi connectivity index (χ1) is 17.7. The number of hydrogen-bond acceptors (Lipinski definition) is 8. The van der Waals surface area contributed by atoms with E-state index in [1.54, 1.807) is 39.2 Å². The number of Topliss-reactive ketones (excluding diaryl/α,β-unsaturated/α-hetero) is 1. The minimum atomic E-state index is -1.03. The van der Waals surface area contributed by atoms with Crippen molar-refractivity contribution in [2.75, 3.05) is 20.3 Å². The number of ketones is 1. The molecule has 7 nitrogen and oxygen atoms in total. The summed E-state index contributed by atoms with van der Waals surface area (Å²) in [4.78, 5) is 47.8. The van der Waals surface area contributed by atoms with Crippen LogP contribution in [0.25, 0.3) is 0 Å². The standard InChI is InChI=1S/C29H33NO6S/c1-7-35-28(32)23-16(4)30-22-14-21(18-10-9-11-19(13-18)34-6)25(29(33)36-8-2)27(31)26(22)24(23)20-12-15(3)37-17(20)5/h9-13,21,24-26H,7-8,14H2,1-6H3. The highest BCUT2D eigenvalue weighted by molar-refractivity contribution is 7.12. The number of hydrogen-bond donors (Lipinski definition) is 0. The summed E-state index contributed by atoms with van der Waals surface area (Å²) in [5.41, 5.74) is 3.32. The van der Waals surface area contributed by atoms with Gasteiger partial charge in [0.25, 0.3) is 0 Å². The van der Waals surface area contributed by atoms with Gasteiger partial charge >= 0.3 is 11.9 Å². The number of fused-ring (bicyclic) bond motifs is 1. The zero-order chi connectivity index (χ0) is 26.9. The molecule has 0 saturated heterocycles. The van der Waals surface area contributed by atoms with Crippen LogP contribution in [0, 0.1) is 25.7 Å². The van der Waals surface area contributed by atoms with Crippen LogP contribution in [0.15, 0.2) is 46.6 Å². The Labute approximate surface area is 221 Å². The van der Waals surface area contributed by atoms with Crippen LogP contribution in [0.2, 0.25) is 0 Å². The van der Waals surface area contributed by atoms with Crippen LogP contribution in [-0.2, 0) is 23.9 Å².